The summed E-state index contributed by atoms with van der Waals surface area (Å²) in [7, 11) is 3.12. The second kappa shape index (κ2) is 9.40. The Kier molecular flexibility index (Phi) is 6.42. The molecule has 1 aromatic carbocycles. The maximum atomic E-state index is 12.3. The summed E-state index contributed by atoms with van der Waals surface area (Å²) >= 11 is 1.19. The number of carbonyl (C=O) groups is 1. The van der Waals surface area contributed by atoms with Crippen molar-refractivity contribution in [3.05, 3.63) is 34.6 Å². The minimum Gasteiger partial charge on any atom is -0.493 e. The van der Waals surface area contributed by atoms with E-state index in [1.54, 1.807) is 32.4 Å². The maximum absolute atomic E-state index is 12.3. The van der Waals surface area contributed by atoms with Crippen LogP contribution in [0.3, 0.4) is 0 Å². The summed E-state index contributed by atoms with van der Waals surface area (Å²) in [6.45, 7) is 1.25. The molecule has 31 heavy (non-hydrogen) atoms. The average Bonchev–Trinajstić information content (AvgIpc) is 3.47. The SMILES string of the molecule is COc1ccc(-c2cc3c(=O)[nH]nc(SCC(=O)NC[C@@H]4CCCO4)n3n2)cc1OC. The van der Waals surface area contributed by atoms with Crippen molar-refractivity contribution in [3.8, 4) is 22.8 Å². The van der Waals surface area contributed by atoms with E-state index in [0.29, 0.717) is 34.4 Å². The fraction of sp³-hybridized carbons (Fsp3) is 0.400. The third-order valence-electron chi connectivity index (χ3n) is 4.94. The first-order valence-corrected chi connectivity index (χ1v) is 10.8. The molecule has 1 amide bonds. The minimum atomic E-state index is -0.369. The van der Waals surface area contributed by atoms with Gasteiger partial charge in [0, 0.05) is 18.7 Å². The standard InChI is InChI=1S/C20H23N5O5S/c1-28-16-6-5-12(8-17(16)29-2)14-9-15-19(27)22-23-20(25(15)24-14)31-11-18(26)21-10-13-4-3-7-30-13/h5-6,8-9,13H,3-4,7,10-11H2,1-2H3,(H,21,26)(H,22,27)/t13-/m0/s1. The number of rotatable bonds is 8. The van der Waals surface area contributed by atoms with E-state index in [4.69, 9.17) is 14.2 Å². The molecule has 0 bridgehead atoms. The van der Waals surface area contributed by atoms with Gasteiger partial charge in [0.05, 0.1) is 31.8 Å². The number of ether oxygens (including phenoxy) is 3. The molecule has 10 nitrogen and oxygen atoms in total. The minimum absolute atomic E-state index is 0.0852. The van der Waals surface area contributed by atoms with Gasteiger partial charge in [0.1, 0.15) is 5.52 Å². The topological polar surface area (TPSA) is 120 Å². The van der Waals surface area contributed by atoms with Gasteiger partial charge in [0.25, 0.3) is 5.56 Å². The van der Waals surface area contributed by atoms with Crippen LogP contribution in [0.2, 0.25) is 0 Å². The number of methoxy groups -OCH3 is 2. The van der Waals surface area contributed by atoms with Gasteiger partial charge in [-0.05, 0) is 37.1 Å². The molecule has 0 aliphatic carbocycles. The van der Waals surface area contributed by atoms with E-state index in [1.165, 1.54) is 16.3 Å². The summed E-state index contributed by atoms with van der Waals surface area (Å²) in [5.41, 5.74) is 1.30. The maximum Gasteiger partial charge on any atom is 0.290 e. The smallest absolute Gasteiger partial charge is 0.290 e. The van der Waals surface area contributed by atoms with Crippen molar-refractivity contribution in [2.75, 3.05) is 33.1 Å². The predicted molar refractivity (Wildman–Crippen MR) is 115 cm³/mol. The molecule has 1 aliphatic heterocycles. The van der Waals surface area contributed by atoms with Gasteiger partial charge in [-0.1, -0.05) is 11.8 Å². The van der Waals surface area contributed by atoms with Crippen molar-refractivity contribution >= 4 is 23.2 Å². The molecule has 3 heterocycles. The number of H-pyrrole nitrogens is 1. The first-order valence-electron chi connectivity index (χ1n) is 9.81. The quantitative estimate of drug-likeness (QED) is 0.501. The van der Waals surface area contributed by atoms with Crippen LogP contribution in [0, 0.1) is 0 Å². The van der Waals surface area contributed by atoms with Gasteiger partial charge in [-0.15, -0.1) is 5.10 Å². The fourth-order valence-electron chi connectivity index (χ4n) is 3.34. The molecule has 1 atom stereocenters. The van der Waals surface area contributed by atoms with Crippen LogP contribution < -0.4 is 20.3 Å². The summed E-state index contributed by atoms with van der Waals surface area (Å²) in [6.07, 6.45) is 2.07. The lowest BCUT2D eigenvalue weighted by molar-refractivity contribution is -0.119. The van der Waals surface area contributed by atoms with E-state index in [0.717, 1.165) is 25.0 Å². The Balaban J connectivity index is 1.53. The van der Waals surface area contributed by atoms with Gasteiger partial charge in [-0.3, -0.25) is 9.59 Å². The average molecular weight is 446 g/mol. The molecule has 11 heteroatoms. The van der Waals surface area contributed by atoms with Gasteiger partial charge in [0.2, 0.25) is 11.1 Å². The Labute approximate surface area is 182 Å². The van der Waals surface area contributed by atoms with Crippen LogP contribution >= 0.6 is 11.8 Å². The molecular weight excluding hydrogens is 422 g/mol. The lowest BCUT2D eigenvalue weighted by Gasteiger charge is -2.10. The highest BCUT2D eigenvalue weighted by molar-refractivity contribution is 7.99. The van der Waals surface area contributed by atoms with Crippen LogP contribution in [0.15, 0.2) is 34.2 Å². The number of benzene rings is 1. The predicted octanol–water partition coefficient (Wildman–Crippen LogP) is 1.49. The number of hydrogen-bond donors (Lipinski definition) is 2. The molecule has 4 rings (SSSR count). The second-order valence-corrected chi connectivity index (χ2v) is 7.90. The van der Waals surface area contributed by atoms with Crippen LogP contribution in [-0.4, -0.2) is 64.9 Å². The molecule has 3 aromatic rings. The largest absolute Gasteiger partial charge is 0.493 e. The van der Waals surface area contributed by atoms with E-state index >= 15 is 0 Å². The zero-order valence-electron chi connectivity index (χ0n) is 17.2. The van der Waals surface area contributed by atoms with Gasteiger partial charge in [0.15, 0.2) is 11.5 Å². The number of thioether (sulfide) groups is 1. The van der Waals surface area contributed by atoms with Crippen molar-refractivity contribution in [2.45, 2.75) is 24.1 Å². The van der Waals surface area contributed by atoms with E-state index in [-0.39, 0.29) is 23.3 Å². The van der Waals surface area contributed by atoms with Crippen LogP contribution in [0.1, 0.15) is 12.8 Å². The first-order chi connectivity index (χ1) is 15.1. The Hall–Kier alpha value is -3.05. The molecule has 164 valence electrons. The van der Waals surface area contributed by atoms with E-state index in [9.17, 15) is 9.59 Å². The van der Waals surface area contributed by atoms with Crippen molar-refractivity contribution in [1.29, 1.82) is 0 Å². The summed E-state index contributed by atoms with van der Waals surface area (Å²) < 4.78 is 17.6. The Morgan fingerprint density at radius 1 is 1.32 bits per heavy atom. The number of amides is 1. The van der Waals surface area contributed by atoms with Gasteiger partial charge in [-0.25, -0.2) is 9.61 Å². The number of fused-ring (bicyclic) bond motifs is 1. The van der Waals surface area contributed by atoms with Crippen LogP contribution in [0.4, 0.5) is 0 Å². The lowest BCUT2D eigenvalue weighted by atomic mass is 10.1. The molecule has 1 aliphatic rings. The number of nitrogens with one attached hydrogen (secondary N) is 2. The molecule has 1 saturated heterocycles. The Bertz CT molecular complexity index is 1140. The second-order valence-electron chi connectivity index (χ2n) is 6.96. The molecule has 0 unspecified atom stereocenters. The number of carbonyl (C=O) groups excluding carboxylic acids is 1. The van der Waals surface area contributed by atoms with Crippen LogP contribution in [0.25, 0.3) is 16.8 Å². The van der Waals surface area contributed by atoms with Crippen LogP contribution in [-0.2, 0) is 9.53 Å². The highest BCUT2D eigenvalue weighted by atomic mass is 32.2. The molecule has 0 radical (unpaired) electrons. The Morgan fingerprint density at radius 2 is 2.16 bits per heavy atom. The van der Waals surface area contributed by atoms with Gasteiger partial charge in [-0.2, -0.15) is 5.10 Å². The summed E-state index contributed by atoms with van der Waals surface area (Å²) in [6, 6.07) is 7.06. The van der Waals surface area contributed by atoms with Crippen molar-refractivity contribution < 1.29 is 19.0 Å². The normalized spacial score (nSPS) is 15.9. The highest BCUT2D eigenvalue weighted by Gasteiger charge is 2.18. The summed E-state index contributed by atoms with van der Waals surface area (Å²) in [5.74, 6) is 1.17. The molecule has 0 spiro atoms. The molecular formula is C20H23N5O5S. The third kappa shape index (κ3) is 4.67. The molecule has 2 N–H and O–H groups in total. The van der Waals surface area contributed by atoms with Crippen molar-refractivity contribution in [2.24, 2.45) is 0 Å². The number of aromatic amines is 1. The molecule has 1 fully saturated rings. The highest BCUT2D eigenvalue weighted by Crippen LogP contribution is 2.32. The van der Waals surface area contributed by atoms with E-state index < -0.39 is 0 Å². The van der Waals surface area contributed by atoms with Crippen molar-refractivity contribution in [3.63, 3.8) is 0 Å². The molecule has 0 saturated carbocycles. The molecule has 2 aromatic heterocycles. The van der Waals surface area contributed by atoms with Crippen LogP contribution in [0.5, 0.6) is 11.5 Å². The summed E-state index contributed by atoms with van der Waals surface area (Å²) in [4.78, 5) is 24.5. The number of aromatic nitrogens is 4. The fourth-order valence-corrected chi connectivity index (χ4v) is 4.07. The van der Waals surface area contributed by atoms with Crippen molar-refractivity contribution in [1.82, 2.24) is 25.1 Å². The Morgan fingerprint density at radius 3 is 2.90 bits per heavy atom. The lowest BCUT2D eigenvalue weighted by Crippen LogP contribution is -2.33. The van der Waals surface area contributed by atoms with Gasteiger partial charge >= 0.3 is 0 Å². The monoisotopic (exact) mass is 445 g/mol. The number of hydrogen-bond acceptors (Lipinski definition) is 8. The third-order valence-corrected chi connectivity index (χ3v) is 5.87. The first kappa shape index (κ1) is 21.2. The number of nitrogens with zero attached hydrogens (tertiary/aromatic N) is 3. The van der Waals surface area contributed by atoms with E-state index in [2.05, 4.69) is 20.6 Å². The van der Waals surface area contributed by atoms with Gasteiger partial charge < -0.3 is 19.5 Å². The zero-order chi connectivity index (χ0) is 21.8. The van der Waals surface area contributed by atoms with E-state index in [1.807, 2.05) is 6.07 Å². The zero-order valence-corrected chi connectivity index (χ0v) is 18.0. The summed E-state index contributed by atoms with van der Waals surface area (Å²) in [5, 5.41) is 14.3.